The average molecular weight is 499 g/mol. The second kappa shape index (κ2) is 14.3. The van der Waals surface area contributed by atoms with Gasteiger partial charge in [0, 0.05) is 10.5 Å². The molecule has 0 aromatic heterocycles. The molecule has 196 valence electrons. The van der Waals surface area contributed by atoms with E-state index in [1.54, 1.807) is 0 Å². The summed E-state index contributed by atoms with van der Waals surface area (Å²) < 4.78 is 0. The molecule has 1 nitrogen and oxygen atoms in total. The standard InChI is InChI=1S/C30H58OS2/c1-10-12-14-16-18-20-22-32(6,7)26-24-27(30(3,4)5)29(31)28(25-26)33(8,9)23-21-19-17-15-13-11-2/h24-25,31H,10-23H2,1-9H3. The maximum absolute atomic E-state index is 11.4. The van der Waals surface area contributed by atoms with Crippen LogP contribution in [0.4, 0.5) is 0 Å². The van der Waals surface area contributed by atoms with Gasteiger partial charge in [-0.05, 0) is 71.8 Å². The molecule has 0 aliphatic rings. The topological polar surface area (TPSA) is 20.2 Å². The highest BCUT2D eigenvalue weighted by molar-refractivity contribution is 8.33. The third-order valence-electron chi connectivity index (χ3n) is 7.11. The highest BCUT2D eigenvalue weighted by Gasteiger charge is 2.29. The Labute approximate surface area is 211 Å². The second-order valence-corrected chi connectivity index (χ2v) is 20.0. The van der Waals surface area contributed by atoms with Crippen LogP contribution in [0.15, 0.2) is 21.9 Å². The third-order valence-corrected chi connectivity index (χ3v) is 12.7. The van der Waals surface area contributed by atoms with Gasteiger partial charge in [-0.2, -0.15) is 0 Å². The number of unbranched alkanes of at least 4 members (excludes halogenated alkanes) is 10. The SMILES string of the molecule is CCCCCCCCS(C)(C)c1cc(C(C)(C)C)c(O)c(S(C)(C)CCCCCCCC)c1. The molecule has 1 N–H and O–H groups in total. The van der Waals surface area contributed by atoms with Crippen molar-refractivity contribution in [3.63, 3.8) is 0 Å². The van der Waals surface area contributed by atoms with Crippen molar-refractivity contribution in [2.75, 3.05) is 36.5 Å². The number of phenols is 1. The molecule has 3 heteroatoms. The smallest absolute Gasteiger partial charge is 0.131 e. The molecule has 33 heavy (non-hydrogen) atoms. The number of hydrogen-bond donors (Lipinski definition) is 1. The highest BCUT2D eigenvalue weighted by atomic mass is 32.3. The molecule has 1 rings (SSSR count). The van der Waals surface area contributed by atoms with Gasteiger partial charge in [0.15, 0.2) is 0 Å². The molecule has 0 aliphatic carbocycles. The van der Waals surface area contributed by atoms with Gasteiger partial charge in [0.1, 0.15) is 5.75 Å². The Morgan fingerprint density at radius 3 is 1.52 bits per heavy atom. The van der Waals surface area contributed by atoms with Gasteiger partial charge < -0.3 is 5.11 Å². The van der Waals surface area contributed by atoms with E-state index in [0.29, 0.717) is 5.75 Å². The van der Waals surface area contributed by atoms with Crippen LogP contribution in [0.2, 0.25) is 0 Å². The van der Waals surface area contributed by atoms with E-state index in [0.717, 1.165) is 5.56 Å². The summed E-state index contributed by atoms with van der Waals surface area (Å²) in [5.41, 5.74) is 1.11. The quantitative estimate of drug-likeness (QED) is 0.225. The van der Waals surface area contributed by atoms with Crippen LogP contribution in [0.5, 0.6) is 5.75 Å². The Kier molecular flexibility index (Phi) is 13.3. The first-order valence-electron chi connectivity index (χ1n) is 13.7. The predicted octanol–water partition coefficient (Wildman–Crippen LogP) is 10.3. The summed E-state index contributed by atoms with van der Waals surface area (Å²) in [4.78, 5) is 2.78. The van der Waals surface area contributed by atoms with Gasteiger partial charge in [-0.1, -0.05) is 98.8 Å². The summed E-state index contributed by atoms with van der Waals surface area (Å²) in [5.74, 6) is 3.12. The lowest BCUT2D eigenvalue weighted by Gasteiger charge is -2.39. The molecule has 0 amide bonds. The zero-order valence-corrected chi connectivity index (χ0v) is 25.5. The fourth-order valence-electron chi connectivity index (χ4n) is 4.61. The van der Waals surface area contributed by atoms with Crippen LogP contribution in [-0.4, -0.2) is 41.6 Å². The minimum atomic E-state index is -1.02. The van der Waals surface area contributed by atoms with Gasteiger partial charge in [-0.15, -0.1) is 0 Å². The van der Waals surface area contributed by atoms with E-state index in [1.165, 1.54) is 98.3 Å². The number of aromatic hydroxyl groups is 1. The van der Waals surface area contributed by atoms with Crippen LogP contribution < -0.4 is 0 Å². The van der Waals surface area contributed by atoms with Gasteiger partial charge in [0.25, 0.3) is 0 Å². The summed E-state index contributed by atoms with van der Waals surface area (Å²) >= 11 is 0. The number of benzene rings is 1. The minimum absolute atomic E-state index is 0.0415. The molecular weight excluding hydrogens is 440 g/mol. The fourth-order valence-corrected chi connectivity index (χ4v) is 8.94. The normalized spacial score (nSPS) is 14.0. The van der Waals surface area contributed by atoms with Crippen molar-refractivity contribution in [3.05, 3.63) is 17.7 Å². The van der Waals surface area contributed by atoms with Crippen LogP contribution in [0, 0.1) is 0 Å². The summed E-state index contributed by atoms with van der Waals surface area (Å²) in [6, 6.07) is 4.80. The van der Waals surface area contributed by atoms with E-state index < -0.39 is 20.1 Å². The van der Waals surface area contributed by atoms with Crippen molar-refractivity contribution in [1.82, 2.24) is 0 Å². The van der Waals surface area contributed by atoms with E-state index in [-0.39, 0.29) is 5.41 Å². The average Bonchev–Trinajstić information content (AvgIpc) is 2.72. The molecule has 0 unspecified atom stereocenters. The number of phenolic OH excluding ortho intramolecular Hbond substituents is 1. The number of rotatable bonds is 16. The maximum Gasteiger partial charge on any atom is 0.131 e. The first-order chi connectivity index (χ1) is 15.4. The molecule has 0 saturated heterocycles. The molecule has 0 fully saturated rings. The lowest BCUT2D eigenvalue weighted by Crippen LogP contribution is -2.15. The van der Waals surface area contributed by atoms with Crippen molar-refractivity contribution in [2.24, 2.45) is 0 Å². The molecule has 0 saturated carbocycles. The fraction of sp³-hybridized carbons (Fsp3) is 0.800. The monoisotopic (exact) mass is 498 g/mol. The van der Waals surface area contributed by atoms with Gasteiger partial charge in [0.05, 0.1) is 0 Å². The predicted molar refractivity (Wildman–Crippen MR) is 159 cm³/mol. The lowest BCUT2D eigenvalue weighted by molar-refractivity contribution is 0.433. The van der Waals surface area contributed by atoms with Crippen LogP contribution in [0.25, 0.3) is 0 Å². The first kappa shape index (κ1) is 30.8. The molecule has 0 aliphatic heterocycles. The molecule has 0 spiro atoms. The van der Waals surface area contributed by atoms with E-state index in [1.807, 2.05) is 0 Å². The van der Waals surface area contributed by atoms with E-state index in [9.17, 15) is 5.11 Å². The molecule has 1 aromatic carbocycles. The Bertz CT molecular complexity index is 685. The van der Waals surface area contributed by atoms with Gasteiger partial charge >= 0.3 is 0 Å². The van der Waals surface area contributed by atoms with Crippen molar-refractivity contribution >= 4 is 20.1 Å². The molecule has 0 heterocycles. The summed E-state index contributed by atoms with van der Waals surface area (Å²) in [7, 11) is -1.89. The molecule has 0 bridgehead atoms. The zero-order chi connectivity index (χ0) is 25.1. The van der Waals surface area contributed by atoms with Crippen molar-refractivity contribution in [1.29, 1.82) is 0 Å². The molecule has 1 aromatic rings. The Balaban J connectivity index is 3.07. The first-order valence-corrected chi connectivity index (χ1v) is 18.9. The third kappa shape index (κ3) is 10.5. The number of hydrogen-bond acceptors (Lipinski definition) is 1. The van der Waals surface area contributed by atoms with Crippen LogP contribution in [0.1, 0.15) is 117 Å². The Morgan fingerprint density at radius 2 is 1.06 bits per heavy atom. The molecule has 0 radical (unpaired) electrons. The van der Waals surface area contributed by atoms with Crippen molar-refractivity contribution in [2.45, 2.75) is 127 Å². The van der Waals surface area contributed by atoms with E-state index in [4.69, 9.17) is 0 Å². The largest absolute Gasteiger partial charge is 0.507 e. The van der Waals surface area contributed by atoms with Gasteiger partial charge in [0.2, 0.25) is 0 Å². The zero-order valence-electron chi connectivity index (χ0n) is 23.8. The van der Waals surface area contributed by atoms with Crippen LogP contribution >= 0.6 is 20.1 Å². The summed E-state index contributed by atoms with van der Waals surface area (Å²) in [6.07, 6.45) is 26.0. The lowest BCUT2D eigenvalue weighted by atomic mass is 9.86. The summed E-state index contributed by atoms with van der Waals surface area (Å²) in [6.45, 7) is 11.3. The van der Waals surface area contributed by atoms with Crippen LogP contribution in [0.3, 0.4) is 0 Å². The summed E-state index contributed by atoms with van der Waals surface area (Å²) in [5, 5.41) is 11.4. The van der Waals surface area contributed by atoms with Gasteiger partial charge in [-0.3, -0.25) is 0 Å². The van der Waals surface area contributed by atoms with E-state index in [2.05, 4.69) is 71.8 Å². The van der Waals surface area contributed by atoms with Gasteiger partial charge in [-0.25, -0.2) is 20.1 Å². The maximum atomic E-state index is 11.4. The van der Waals surface area contributed by atoms with Crippen molar-refractivity contribution in [3.8, 4) is 5.75 Å². The van der Waals surface area contributed by atoms with Crippen LogP contribution in [-0.2, 0) is 5.41 Å². The molecular formula is C30H58OS2. The Morgan fingerprint density at radius 1 is 0.636 bits per heavy atom. The molecule has 0 atom stereocenters. The van der Waals surface area contributed by atoms with E-state index >= 15 is 0 Å². The minimum Gasteiger partial charge on any atom is -0.507 e. The second-order valence-electron chi connectivity index (χ2n) is 12.1. The van der Waals surface area contributed by atoms with Crippen molar-refractivity contribution < 1.29 is 5.11 Å². The highest BCUT2D eigenvalue weighted by Crippen LogP contribution is 2.60. The Hall–Kier alpha value is -0.280.